The van der Waals surface area contributed by atoms with Crippen LogP contribution >= 0.6 is 0 Å². The third-order valence-electron chi connectivity index (χ3n) is 2.59. The molecule has 0 aliphatic heterocycles. The van der Waals surface area contributed by atoms with E-state index in [4.69, 9.17) is 5.26 Å². The fourth-order valence-electron chi connectivity index (χ4n) is 1.44. The summed E-state index contributed by atoms with van der Waals surface area (Å²) in [7, 11) is -1.35. The lowest BCUT2D eigenvalue weighted by atomic mass is 9.90. The van der Waals surface area contributed by atoms with Crippen molar-refractivity contribution in [1.29, 1.82) is 5.26 Å². The van der Waals surface area contributed by atoms with Crippen LogP contribution in [0.2, 0.25) is 0 Å². The third-order valence-corrected chi connectivity index (χ3v) is 4.03. The number of rotatable bonds is 5. The van der Waals surface area contributed by atoms with Crippen LogP contribution in [0.4, 0.5) is 8.78 Å². The van der Waals surface area contributed by atoms with Gasteiger partial charge in [-0.05, 0) is 44.9 Å². The van der Waals surface area contributed by atoms with E-state index in [0.29, 0.717) is 18.6 Å². The van der Waals surface area contributed by atoms with Crippen molar-refractivity contribution in [2.75, 3.05) is 5.75 Å². The van der Waals surface area contributed by atoms with Crippen LogP contribution in [0.25, 0.3) is 0 Å². The van der Waals surface area contributed by atoms with Gasteiger partial charge in [0.15, 0.2) is 11.6 Å². The van der Waals surface area contributed by atoms with Crippen LogP contribution in [0.5, 0.6) is 0 Å². The van der Waals surface area contributed by atoms with Crippen molar-refractivity contribution in [3.63, 3.8) is 0 Å². The summed E-state index contributed by atoms with van der Waals surface area (Å²) in [6.45, 7) is 3.63. The summed E-state index contributed by atoms with van der Waals surface area (Å²) < 4.78 is 37.5. The van der Waals surface area contributed by atoms with E-state index in [0.717, 1.165) is 12.1 Å². The van der Waals surface area contributed by atoms with Crippen LogP contribution in [0, 0.1) is 28.4 Å². The smallest absolute Gasteiger partial charge is 0.160 e. The third kappa shape index (κ3) is 4.19. The average molecular weight is 271 g/mol. The van der Waals surface area contributed by atoms with Crippen molar-refractivity contribution in [3.05, 3.63) is 29.8 Å². The van der Waals surface area contributed by atoms with Gasteiger partial charge in [-0.15, -0.1) is 0 Å². The zero-order chi connectivity index (χ0) is 13.8. The van der Waals surface area contributed by atoms with Gasteiger partial charge in [0.2, 0.25) is 0 Å². The van der Waals surface area contributed by atoms with Crippen LogP contribution in [-0.2, 0) is 10.8 Å². The molecule has 1 rings (SSSR count). The Kier molecular flexibility index (Phi) is 4.97. The molecule has 0 bridgehead atoms. The van der Waals surface area contributed by atoms with Gasteiger partial charge in [0, 0.05) is 10.6 Å². The lowest BCUT2D eigenvalue weighted by molar-refractivity contribution is 0.447. The first-order chi connectivity index (χ1) is 8.35. The van der Waals surface area contributed by atoms with Gasteiger partial charge in [-0.3, -0.25) is 4.21 Å². The van der Waals surface area contributed by atoms with Crippen LogP contribution < -0.4 is 0 Å². The molecule has 5 heteroatoms. The molecule has 2 nitrogen and oxygen atoms in total. The molecule has 0 heterocycles. The summed E-state index contributed by atoms with van der Waals surface area (Å²) >= 11 is 0. The van der Waals surface area contributed by atoms with Crippen LogP contribution in [0.1, 0.15) is 26.7 Å². The highest BCUT2D eigenvalue weighted by Gasteiger charge is 2.17. The molecule has 1 aromatic carbocycles. The molecule has 0 fully saturated rings. The molecule has 0 saturated heterocycles. The maximum atomic E-state index is 13.0. The topological polar surface area (TPSA) is 40.9 Å². The summed E-state index contributed by atoms with van der Waals surface area (Å²) in [4.78, 5) is 0.281. The number of nitrogens with zero attached hydrogens (tertiary/aromatic N) is 1. The molecule has 0 N–H and O–H groups in total. The van der Waals surface area contributed by atoms with Gasteiger partial charge in [0.1, 0.15) is 0 Å². The first-order valence-electron chi connectivity index (χ1n) is 5.60. The maximum absolute atomic E-state index is 13.0. The van der Waals surface area contributed by atoms with E-state index in [-0.39, 0.29) is 4.90 Å². The van der Waals surface area contributed by atoms with Gasteiger partial charge >= 0.3 is 0 Å². The lowest BCUT2D eigenvalue weighted by Gasteiger charge is -2.14. The summed E-state index contributed by atoms with van der Waals surface area (Å²) in [5, 5.41) is 8.83. The zero-order valence-electron chi connectivity index (χ0n) is 10.4. The molecule has 0 saturated carbocycles. The molecule has 1 aromatic rings. The van der Waals surface area contributed by atoms with E-state index in [1.54, 1.807) is 0 Å². The van der Waals surface area contributed by atoms with Gasteiger partial charge in [0.25, 0.3) is 0 Å². The molecular weight excluding hydrogens is 256 g/mol. The van der Waals surface area contributed by atoms with Crippen molar-refractivity contribution in [1.82, 2.24) is 0 Å². The first kappa shape index (κ1) is 14.8. The molecule has 0 aliphatic carbocycles. The summed E-state index contributed by atoms with van der Waals surface area (Å²) in [6.07, 6.45) is 1.23. The highest BCUT2D eigenvalue weighted by molar-refractivity contribution is 7.85. The largest absolute Gasteiger partial charge is 0.254 e. The molecule has 0 radical (unpaired) electrons. The van der Waals surface area contributed by atoms with Crippen molar-refractivity contribution in [3.8, 4) is 6.07 Å². The van der Waals surface area contributed by atoms with Crippen molar-refractivity contribution in [2.45, 2.75) is 31.6 Å². The van der Waals surface area contributed by atoms with Gasteiger partial charge in [-0.1, -0.05) is 0 Å². The molecule has 98 valence electrons. The van der Waals surface area contributed by atoms with Gasteiger partial charge in [-0.25, -0.2) is 8.78 Å². The monoisotopic (exact) mass is 271 g/mol. The second-order valence-corrected chi connectivity index (χ2v) is 6.30. The molecule has 0 aliphatic rings. The summed E-state index contributed by atoms with van der Waals surface area (Å²) in [5.74, 6) is -1.59. The highest BCUT2D eigenvalue weighted by Crippen LogP contribution is 2.21. The Morgan fingerprint density at radius 2 is 2.00 bits per heavy atom. The van der Waals surface area contributed by atoms with Crippen LogP contribution in [0.3, 0.4) is 0 Å². The molecule has 1 unspecified atom stereocenters. The molecular formula is C13H15F2NOS. The predicted molar refractivity (Wildman–Crippen MR) is 66.3 cm³/mol. The Morgan fingerprint density at radius 1 is 1.33 bits per heavy atom. The minimum absolute atomic E-state index is 0.281. The normalized spacial score (nSPS) is 13.1. The minimum Gasteiger partial charge on any atom is -0.254 e. The van der Waals surface area contributed by atoms with Gasteiger partial charge < -0.3 is 0 Å². The van der Waals surface area contributed by atoms with Crippen LogP contribution in [0.15, 0.2) is 23.1 Å². The SMILES string of the molecule is CC(C)(C#N)CCCS(=O)c1ccc(F)c(F)c1. The minimum atomic E-state index is -1.35. The fourth-order valence-corrected chi connectivity index (χ4v) is 2.53. The second kappa shape index (κ2) is 6.05. The number of nitriles is 1. The van der Waals surface area contributed by atoms with Crippen molar-refractivity contribution >= 4 is 10.8 Å². The Balaban J connectivity index is 2.56. The summed E-state index contributed by atoms with van der Waals surface area (Å²) in [5.41, 5.74) is -0.446. The quantitative estimate of drug-likeness (QED) is 0.823. The second-order valence-electron chi connectivity index (χ2n) is 4.72. The summed E-state index contributed by atoms with van der Waals surface area (Å²) in [6, 6.07) is 5.42. The first-order valence-corrected chi connectivity index (χ1v) is 6.92. The Labute approximate surface area is 108 Å². The van der Waals surface area contributed by atoms with E-state index >= 15 is 0 Å². The molecule has 0 amide bonds. The zero-order valence-corrected chi connectivity index (χ0v) is 11.2. The van der Waals surface area contributed by atoms with E-state index in [1.807, 2.05) is 13.8 Å². The Bertz CT molecular complexity index is 494. The Hall–Kier alpha value is -1.28. The van der Waals surface area contributed by atoms with Crippen molar-refractivity contribution < 1.29 is 13.0 Å². The molecule has 1 atom stereocenters. The van der Waals surface area contributed by atoms with Crippen molar-refractivity contribution in [2.24, 2.45) is 5.41 Å². The lowest BCUT2D eigenvalue weighted by Crippen LogP contribution is -2.10. The van der Waals surface area contributed by atoms with Gasteiger partial charge in [-0.2, -0.15) is 5.26 Å². The van der Waals surface area contributed by atoms with E-state index in [1.165, 1.54) is 6.07 Å². The van der Waals surface area contributed by atoms with E-state index in [9.17, 15) is 13.0 Å². The van der Waals surface area contributed by atoms with E-state index in [2.05, 4.69) is 6.07 Å². The molecule has 0 aromatic heterocycles. The fraction of sp³-hybridized carbons (Fsp3) is 0.462. The standard InChI is InChI=1S/C13H15F2NOS/c1-13(2,9-16)6-3-7-18(17)10-4-5-11(14)12(15)8-10/h4-5,8H,3,6-7H2,1-2H3. The number of benzene rings is 1. The number of halogens is 2. The molecule has 18 heavy (non-hydrogen) atoms. The Morgan fingerprint density at radius 3 is 2.56 bits per heavy atom. The highest BCUT2D eigenvalue weighted by atomic mass is 32.2. The predicted octanol–water partition coefficient (Wildman–Crippen LogP) is 3.40. The maximum Gasteiger partial charge on any atom is 0.160 e. The van der Waals surface area contributed by atoms with Crippen LogP contribution in [-0.4, -0.2) is 9.96 Å². The molecule has 0 spiro atoms. The number of hydrogen-bond donors (Lipinski definition) is 0. The van der Waals surface area contributed by atoms with Gasteiger partial charge in [0.05, 0.1) is 22.3 Å². The van der Waals surface area contributed by atoms with E-state index < -0.39 is 27.8 Å². The number of hydrogen-bond acceptors (Lipinski definition) is 2. The average Bonchev–Trinajstić information content (AvgIpc) is 2.32.